The van der Waals surface area contributed by atoms with E-state index in [-0.39, 0.29) is 17.2 Å². The second-order valence-electron chi connectivity index (χ2n) is 4.61. The van der Waals surface area contributed by atoms with Crippen LogP contribution in [0.5, 0.6) is 5.75 Å². The molecule has 0 spiro atoms. The Labute approximate surface area is 100 Å². The van der Waals surface area contributed by atoms with Crippen LogP contribution < -0.4 is 4.74 Å². The van der Waals surface area contributed by atoms with E-state index in [1.807, 2.05) is 7.05 Å². The lowest BCUT2D eigenvalue weighted by molar-refractivity contribution is 0.244. The van der Waals surface area contributed by atoms with Gasteiger partial charge in [0.2, 0.25) is 0 Å². The number of hydrogen-bond acceptors (Lipinski definition) is 2. The zero-order chi connectivity index (χ0) is 12.4. The average Bonchev–Trinajstić information content (AvgIpc) is 2.28. The van der Waals surface area contributed by atoms with Crippen molar-refractivity contribution < 1.29 is 13.5 Å². The molecule has 1 saturated heterocycles. The van der Waals surface area contributed by atoms with Gasteiger partial charge in [0.25, 0.3) is 0 Å². The maximum Gasteiger partial charge on any atom is 0.133 e. The van der Waals surface area contributed by atoms with Gasteiger partial charge < -0.3 is 9.64 Å². The molecule has 1 aromatic rings. The van der Waals surface area contributed by atoms with Crippen LogP contribution in [0.4, 0.5) is 8.78 Å². The van der Waals surface area contributed by atoms with Crippen molar-refractivity contribution in [2.24, 2.45) is 0 Å². The summed E-state index contributed by atoms with van der Waals surface area (Å²) in [6.45, 7) is 1.70. The Morgan fingerprint density at radius 2 is 1.94 bits per heavy atom. The summed E-state index contributed by atoms with van der Waals surface area (Å²) < 4.78 is 32.6. The topological polar surface area (TPSA) is 12.5 Å². The van der Waals surface area contributed by atoms with Crippen LogP contribution in [-0.4, -0.2) is 32.1 Å². The van der Waals surface area contributed by atoms with Crippen LogP contribution in [0.2, 0.25) is 0 Å². The van der Waals surface area contributed by atoms with Crippen molar-refractivity contribution in [3.8, 4) is 5.75 Å². The molecule has 1 unspecified atom stereocenters. The summed E-state index contributed by atoms with van der Waals surface area (Å²) in [5.41, 5.74) is 0.206. The normalized spacial score (nSPS) is 21.5. The summed E-state index contributed by atoms with van der Waals surface area (Å²) in [4.78, 5) is 2.11. The highest BCUT2D eigenvalue weighted by Crippen LogP contribution is 2.32. The van der Waals surface area contributed by atoms with Crippen molar-refractivity contribution in [3.05, 3.63) is 29.3 Å². The van der Waals surface area contributed by atoms with E-state index in [0.717, 1.165) is 19.4 Å². The molecule has 17 heavy (non-hydrogen) atoms. The summed E-state index contributed by atoms with van der Waals surface area (Å²) in [7, 11) is 3.38. The minimum absolute atomic E-state index is 0.0559. The van der Waals surface area contributed by atoms with Gasteiger partial charge in [0, 0.05) is 30.2 Å². The molecular weight excluding hydrogens is 224 g/mol. The molecule has 0 bridgehead atoms. The number of methoxy groups -OCH3 is 1. The van der Waals surface area contributed by atoms with Crippen LogP contribution in [0.3, 0.4) is 0 Å². The molecule has 94 valence electrons. The summed E-state index contributed by atoms with van der Waals surface area (Å²) in [5, 5.41) is 0. The largest absolute Gasteiger partial charge is 0.497 e. The monoisotopic (exact) mass is 241 g/mol. The minimum Gasteiger partial charge on any atom is -0.497 e. The van der Waals surface area contributed by atoms with Crippen LogP contribution >= 0.6 is 0 Å². The number of benzene rings is 1. The number of ether oxygens (including phenoxy) is 1. The van der Waals surface area contributed by atoms with E-state index in [1.54, 1.807) is 0 Å². The van der Waals surface area contributed by atoms with Crippen molar-refractivity contribution in [2.75, 3.05) is 27.2 Å². The first-order valence-corrected chi connectivity index (χ1v) is 5.83. The number of piperidine rings is 1. The summed E-state index contributed by atoms with van der Waals surface area (Å²) in [5.74, 6) is -0.822. The lowest BCUT2D eigenvalue weighted by Gasteiger charge is -2.30. The van der Waals surface area contributed by atoms with E-state index >= 15 is 0 Å². The van der Waals surface area contributed by atoms with E-state index in [2.05, 4.69) is 4.90 Å². The summed E-state index contributed by atoms with van der Waals surface area (Å²) in [6, 6.07) is 2.51. The maximum absolute atomic E-state index is 13.9. The number of nitrogens with zero attached hydrogens (tertiary/aromatic N) is 1. The highest BCUT2D eigenvalue weighted by molar-refractivity contribution is 5.33. The maximum atomic E-state index is 13.9. The Morgan fingerprint density at radius 3 is 2.47 bits per heavy atom. The molecule has 1 aliphatic heterocycles. The van der Waals surface area contributed by atoms with Gasteiger partial charge in [-0.2, -0.15) is 0 Å². The first-order chi connectivity index (χ1) is 8.11. The van der Waals surface area contributed by atoms with Gasteiger partial charge in [-0.1, -0.05) is 0 Å². The third-order valence-corrected chi connectivity index (χ3v) is 3.32. The van der Waals surface area contributed by atoms with Crippen molar-refractivity contribution in [2.45, 2.75) is 18.8 Å². The van der Waals surface area contributed by atoms with E-state index in [1.165, 1.54) is 19.2 Å². The highest BCUT2D eigenvalue weighted by Gasteiger charge is 2.25. The van der Waals surface area contributed by atoms with Crippen molar-refractivity contribution in [3.63, 3.8) is 0 Å². The highest BCUT2D eigenvalue weighted by atomic mass is 19.1. The fourth-order valence-electron chi connectivity index (χ4n) is 2.47. The molecule has 0 aromatic heterocycles. The third kappa shape index (κ3) is 2.57. The molecule has 0 N–H and O–H groups in total. The molecule has 1 fully saturated rings. The van der Waals surface area contributed by atoms with E-state index in [0.29, 0.717) is 6.54 Å². The number of likely N-dealkylation sites (tertiary alicyclic amines) is 1. The standard InChI is InChI=1S/C13H17F2NO/c1-16-5-3-4-9(8-16)13-11(14)6-10(17-2)7-12(13)15/h6-7,9H,3-5,8H2,1-2H3. The first kappa shape index (κ1) is 12.3. The molecule has 4 heteroatoms. The molecular formula is C13H17F2NO. The molecule has 0 saturated carbocycles. The number of halogens is 2. The molecule has 2 nitrogen and oxygen atoms in total. The summed E-state index contributed by atoms with van der Waals surface area (Å²) >= 11 is 0. The molecule has 2 rings (SSSR count). The second kappa shape index (κ2) is 5.00. The van der Waals surface area contributed by atoms with Crippen LogP contribution in [0.15, 0.2) is 12.1 Å². The number of rotatable bonds is 2. The Morgan fingerprint density at radius 1 is 1.29 bits per heavy atom. The summed E-state index contributed by atoms with van der Waals surface area (Å²) in [6.07, 6.45) is 1.82. The smallest absolute Gasteiger partial charge is 0.133 e. The van der Waals surface area contributed by atoms with Gasteiger partial charge in [0.1, 0.15) is 17.4 Å². The van der Waals surface area contributed by atoms with Crippen LogP contribution in [0, 0.1) is 11.6 Å². The van der Waals surface area contributed by atoms with Gasteiger partial charge in [-0.05, 0) is 26.4 Å². The van der Waals surface area contributed by atoms with Crippen molar-refractivity contribution in [1.29, 1.82) is 0 Å². The zero-order valence-corrected chi connectivity index (χ0v) is 10.2. The quantitative estimate of drug-likeness (QED) is 0.789. The predicted molar refractivity (Wildman–Crippen MR) is 62.4 cm³/mol. The Hall–Kier alpha value is -1.16. The Kier molecular flexibility index (Phi) is 3.62. The van der Waals surface area contributed by atoms with Gasteiger partial charge in [-0.15, -0.1) is 0 Å². The lowest BCUT2D eigenvalue weighted by Crippen LogP contribution is -2.31. The van der Waals surface area contributed by atoms with E-state index in [4.69, 9.17) is 4.74 Å². The fraction of sp³-hybridized carbons (Fsp3) is 0.538. The van der Waals surface area contributed by atoms with Crippen molar-refractivity contribution in [1.82, 2.24) is 4.90 Å². The SMILES string of the molecule is COc1cc(F)c(C2CCCN(C)C2)c(F)c1. The first-order valence-electron chi connectivity index (χ1n) is 5.83. The van der Waals surface area contributed by atoms with Gasteiger partial charge in [0.05, 0.1) is 7.11 Å². The molecule has 1 aliphatic rings. The molecule has 0 aliphatic carbocycles. The number of hydrogen-bond donors (Lipinski definition) is 0. The minimum atomic E-state index is -0.498. The van der Waals surface area contributed by atoms with Gasteiger partial charge >= 0.3 is 0 Å². The predicted octanol–water partition coefficient (Wildman–Crippen LogP) is 2.78. The zero-order valence-electron chi connectivity index (χ0n) is 10.2. The Balaban J connectivity index is 2.31. The number of likely N-dealkylation sites (N-methyl/N-ethyl adjacent to an activating group) is 1. The second-order valence-corrected chi connectivity index (χ2v) is 4.61. The molecule has 1 atom stereocenters. The lowest BCUT2D eigenvalue weighted by atomic mass is 9.90. The van der Waals surface area contributed by atoms with Gasteiger partial charge in [-0.25, -0.2) is 8.78 Å². The molecule has 1 aromatic carbocycles. The third-order valence-electron chi connectivity index (χ3n) is 3.32. The van der Waals surface area contributed by atoms with Crippen molar-refractivity contribution >= 4 is 0 Å². The average molecular weight is 241 g/mol. The van der Waals surface area contributed by atoms with E-state index in [9.17, 15) is 8.78 Å². The van der Waals surface area contributed by atoms with E-state index < -0.39 is 11.6 Å². The van der Waals surface area contributed by atoms with Gasteiger partial charge in [0.15, 0.2) is 0 Å². The van der Waals surface area contributed by atoms with Crippen LogP contribution in [0.1, 0.15) is 24.3 Å². The molecule has 0 radical (unpaired) electrons. The molecule has 0 amide bonds. The molecule has 1 heterocycles. The van der Waals surface area contributed by atoms with Gasteiger partial charge in [-0.3, -0.25) is 0 Å². The fourth-order valence-corrected chi connectivity index (χ4v) is 2.47. The Bertz CT molecular complexity index is 385. The van der Waals surface area contributed by atoms with Crippen LogP contribution in [-0.2, 0) is 0 Å². The van der Waals surface area contributed by atoms with Crippen LogP contribution in [0.25, 0.3) is 0 Å².